The normalized spacial score (nSPS) is 18.3. The molecule has 4 rings (SSSR count). The highest BCUT2D eigenvalue weighted by Crippen LogP contribution is 2.27. The smallest absolute Gasteiger partial charge is 0.270 e. The summed E-state index contributed by atoms with van der Waals surface area (Å²) in [6.07, 6.45) is 7.13. The van der Waals surface area contributed by atoms with Gasteiger partial charge in [-0.15, -0.1) is 0 Å². The van der Waals surface area contributed by atoms with Crippen LogP contribution in [0.2, 0.25) is 0 Å². The summed E-state index contributed by atoms with van der Waals surface area (Å²) in [5.41, 5.74) is 0.674. The number of halogens is 1. The first-order valence-electron chi connectivity index (χ1n) is 15.7. The SMILES string of the molecule is CCC(=O)N[C@H](Cc1ccc(NC(=O)[C@@H](NC(=O)c2ccnn2CC)C2CCCCCC2)c(F)c1)C(=O)N1CCS(=O)(=O)CC1. The van der Waals surface area contributed by atoms with Crippen LogP contribution in [-0.2, 0) is 37.2 Å². The second-order valence-electron chi connectivity index (χ2n) is 11.7. The molecule has 0 unspecified atom stereocenters. The molecule has 2 aromatic rings. The lowest BCUT2D eigenvalue weighted by molar-refractivity contribution is -0.136. The predicted octanol–water partition coefficient (Wildman–Crippen LogP) is 2.44. The number of rotatable bonds is 11. The van der Waals surface area contributed by atoms with E-state index in [1.807, 2.05) is 6.92 Å². The number of anilines is 1. The van der Waals surface area contributed by atoms with Gasteiger partial charge in [0.05, 0.1) is 17.2 Å². The number of benzene rings is 1. The maximum absolute atomic E-state index is 15.4. The van der Waals surface area contributed by atoms with Gasteiger partial charge in [0.25, 0.3) is 5.91 Å². The molecule has 4 amide bonds. The van der Waals surface area contributed by atoms with Crippen molar-refractivity contribution in [3.63, 3.8) is 0 Å². The molecule has 2 atom stereocenters. The van der Waals surface area contributed by atoms with E-state index >= 15 is 4.39 Å². The molecule has 2 aliphatic rings. The van der Waals surface area contributed by atoms with Crippen molar-refractivity contribution >= 4 is 39.2 Å². The Labute approximate surface area is 263 Å². The molecule has 1 aliphatic heterocycles. The fourth-order valence-electron chi connectivity index (χ4n) is 5.92. The number of carbonyl (C=O) groups is 4. The maximum atomic E-state index is 15.4. The summed E-state index contributed by atoms with van der Waals surface area (Å²) in [6.45, 7) is 4.05. The van der Waals surface area contributed by atoms with Crippen molar-refractivity contribution in [3.8, 4) is 0 Å². The predicted molar refractivity (Wildman–Crippen MR) is 167 cm³/mol. The van der Waals surface area contributed by atoms with Gasteiger partial charge in [-0.25, -0.2) is 12.8 Å². The Kier molecular flexibility index (Phi) is 11.7. The lowest BCUT2D eigenvalue weighted by Gasteiger charge is -2.30. The lowest BCUT2D eigenvalue weighted by Crippen LogP contribution is -2.53. The minimum Gasteiger partial charge on any atom is -0.344 e. The number of sulfone groups is 1. The van der Waals surface area contributed by atoms with Crippen molar-refractivity contribution in [2.24, 2.45) is 5.92 Å². The van der Waals surface area contributed by atoms with E-state index in [4.69, 9.17) is 0 Å². The van der Waals surface area contributed by atoms with Crippen LogP contribution in [0.25, 0.3) is 0 Å². The Morgan fingerprint density at radius 2 is 1.69 bits per heavy atom. The van der Waals surface area contributed by atoms with Gasteiger partial charge >= 0.3 is 0 Å². The summed E-state index contributed by atoms with van der Waals surface area (Å²) in [5.74, 6) is -2.89. The van der Waals surface area contributed by atoms with Gasteiger partial charge in [-0.3, -0.25) is 23.9 Å². The van der Waals surface area contributed by atoms with Crippen molar-refractivity contribution < 1.29 is 32.0 Å². The average molecular weight is 647 g/mol. The van der Waals surface area contributed by atoms with E-state index in [9.17, 15) is 27.6 Å². The van der Waals surface area contributed by atoms with Crippen LogP contribution in [0.5, 0.6) is 0 Å². The van der Waals surface area contributed by atoms with Crippen LogP contribution in [0, 0.1) is 11.7 Å². The molecule has 1 saturated carbocycles. The molecule has 0 spiro atoms. The molecule has 1 saturated heterocycles. The summed E-state index contributed by atoms with van der Waals surface area (Å²) in [5, 5.41) is 12.4. The number of hydrogen-bond acceptors (Lipinski definition) is 7. The zero-order chi connectivity index (χ0) is 32.6. The van der Waals surface area contributed by atoms with Crippen molar-refractivity contribution in [2.75, 3.05) is 29.9 Å². The van der Waals surface area contributed by atoms with E-state index < -0.39 is 45.5 Å². The van der Waals surface area contributed by atoms with E-state index in [2.05, 4.69) is 21.0 Å². The fraction of sp³-hybridized carbons (Fsp3) is 0.581. The molecule has 0 bridgehead atoms. The minimum atomic E-state index is -3.21. The van der Waals surface area contributed by atoms with Gasteiger partial charge in [0.1, 0.15) is 23.6 Å². The highest BCUT2D eigenvalue weighted by molar-refractivity contribution is 7.91. The molecule has 0 radical (unpaired) electrons. The third-order valence-electron chi connectivity index (χ3n) is 8.53. The first-order valence-corrected chi connectivity index (χ1v) is 17.5. The van der Waals surface area contributed by atoms with Crippen molar-refractivity contribution in [1.82, 2.24) is 25.3 Å². The Bertz CT molecular complexity index is 1470. The molecular weight excluding hydrogens is 603 g/mol. The number of carbonyl (C=O) groups excluding carboxylic acids is 4. The van der Waals surface area contributed by atoms with E-state index in [0.717, 1.165) is 38.5 Å². The molecule has 2 fully saturated rings. The molecule has 3 N–H and O–H groups in total. The monoisotopic (exact) mass is 646 g/mol. The number of aryl methyl sites for hydroxylation is 1. The Hall–Kier alpha value is -3.81. The quantitative estimate of drug-likeness (QED) is 0.316. The Balaban J connectivity index is 1.49. The maximum Gasteiger partial charge on any atom is 0.270 e. The zero-order valence-electron chi connectivity index (χ0n) is 25.9. The lowest BCUT2D eigenvalue weighted by atomic mass is 9.91. The van der Waals surface area contributed by atoms with Gasteiger partial charge in [-0.2, -0.15) is 5.10 Å². The highest BCUT2D eigenvalue weighted by atomic mass is 32.2. The van der Waals surface area contributed by atoms with Crippen LogP contribution in [-0.4, -0.2) is 83.4 Å². The topological polar surface area (TPSA) is 160 Å². The second kappa shape index (κ2) is 15.5. The van der Waals surface area contributed by atoms with E-state index in [1.54, 1.807) is 23.7 Å². The summed E-state index contributed by atoms with van der Waals surface area (Å²) >= 11 is 0. The van der Waals surface area contributed by atoms with Crippen LogP contribution >= 0.6 is 0 Å². The third-order valence-corrected chi connectivity index (χ3v) is 10.1. The van der Waals surface area contributed by atoms with Crippen LogP contribution in [0.15, 0.2) is 30.5 Å². The molecule has 2 heterocycles. The number of nitrogens with one attached hydrogen (secondary N) is 3. The molecule has 45 heavy (non-hydrogen) atoms. The van der Waals surface area contributed by atoms with E-state index in [1.165, 1.54) is 23.2 Å². The Morgan fingerprint density at radius 1 is 1.00 bits per heavy atom. The van der Waals surface area contributed by atoms with Gasteiger partial charge in [0.15, 0.2) is 9.84 Å². The first-order chi connectivity index (χ1) is 21.5. The van der Waals surface area contributed by atoms with Crippen LogP contribution < -0.4 is 16.0 Å². The molecule has 14 heteroatoms. The van der Waals surface area contributed by atoms with Gasteiger partial charge in [-0.1, -0.05) is 38.7 Å². The molecule has 1 aliphatic carbocycles. The number of amides is 4. The zero-order valence-corrected chi connectivity index (χ0v) is 26.7. The van der Waals surface area contributed by atoms with E-state index in [-0.39, 0.29) is 54.9 Å². The summed E-state index contributed by atoms with van der Waals surface area (Å²) in [6, 6.07) is 3.87. The van der Waals surface area contributed by atoms with Crippen LogP contribution in [0.3, 0.4) is 0 Å². The standard InChI is InChI=1S/C31H43FN6O6S/c1-3-27(39)34-25(31(42)37-15-17-45(43,44)18-16-37)20-21-11-12-24(23(32)19-21)35-30(41)28(22-9-7-5-6-8-10-22)36-29(40)26-13-14-33-38(26)4-2/h11-14,19,22,25,28H,3-10,15-18,20H2,1-2H3,(H,34,39)(H,35,41)(H,36,40)/t25-,28+/m1/s1. The van der Waals surface area contributed by atoms with Crippen molar-refractivity contribution in [3.05, 3.63) is 47.5 Å². The Morgan fingerprint density at radius 3 is 2.31 bits per heavy atom. The average Bonchev–Trinajstić information content (AvgIpc) is 3.34. The number of hydrogen-bond donors (Lipinski definition) is 3. The molecule has 12 nitrogen and oxygen atoms in total. The van der Waals surface area contributed by atoms with Crippen molar-refractivity contribution in [1.29, 1.82) is 0 Å². The third kappa shape index (κ3) is 9.12. The summed E-state index contributed by atoms with van der Waals surface area (Å²) < 4.78 is 40.6. The second-order valence-corrected chi connectivity index (χ2v) is 14.0. The molecule has 1 aromatic heterocycles. The van der Waals surface area contributed by atoms with Gasteiger partial charge in [0.2, 0.25) is 17.7 Å². The first kappa shape index (κ1) is 34.1. The summed E-state index contributed by atoms with van der Waals surface area (Å²) in [4.78, 5) is 53.7. The van der Waals surface area contributed by atoms with Gasteiger partial charge < -0.3 is 20.9 Å². The largest absolute Gasteiger partial charge is 0.344 e. The highest BCUT2D eigenvalue weighted by Gasteiger charge is 2.33. The van der Waals surface area contributed by atoms with E-state index in [0.29, 0.717) is 17.8 Å². The molecule has 1 aromatic carbocycles. The van der Waals surface area contributed by atoms with Gasteiger partial charge in [-0.05, 0) is 49.4 Å². The fourth-order valence-corrected chi connectivity index (χ4v) is 7.12. The van der Waals surface area contributed by atoms with Gasteiger partial charge in [0, 0.05) is 38.7 Å². The number of aromatic nitrogens is 2. The molecular formula is C31H43FN6O6S. The van der Waals surface area contributed by atoms with Crippen molar-refractivity contribution in [2.45, 2.75) is 83.8 Å². The van der Waals surface area contributed by atoms with Crippen LogP contribution in [0.1, 0.15) is 74.8 Å². The number of nitrogens with zero attached hydrogens (tertiary/aromatic N) is 3. The summed E-state index contributed by atoms with van der Waals surface area (Å²) in [7, 11) is -3.21. The van der Waals surface area contributed by atoms with Crippen LogP contribution in [0.4, 0.5) is 10.1 Å². The minimum absolute atomic E-state index is 0.0230. The molecule has 246 valence electrons.